The van der Waals surface area contributed by atoms with Gasteiger partial charge in [-0.2, -0.15) is 5.10 Å². The van der Waals surface area contributed by atoms with Crippen LogP contribution in [0.15, 0.2) is 30.6 Å². The molecular weight excluding hydrogens is 247 g/mol. The van der Waals surface area contributed by atoms with Crippen molar-refractivity contribution in [3.05, 3.63) is 52.6 Å². The molecule has 6 heteroatoms. The van der Waals surface area contributed by atoms with Crippen molar-refractivity contribution < 1.29 is 14.3 Å². The van der Waals surface area contributed by atoms with Gasteiger partial charge in [-0.15, -0.1) is 0 Å². The van der Waals surface area contributed by atoms with E-state index in [-0.39, 0.29) is 12.1 Å². The van der Waals surface area contributed by atoms with Crippen LogP contribution in [0.2, 0.25) is 5.02 Å². The van der Waals surface area contributed by atoms with Gasteiger partial charge in [0.2, 0.25) is 0 Å². The molecule has 1 N–H and O–H groups in total. The number of carboxylic acid groups (broad SMARTS) is 1. The van der Waals surface area contributed by atoms with Crippen molar-refractivity contribution in [1.82, 2.24) is 9.78 Å². The lowest BCUT2D eigenvalue weighted by molar-refractivity contribution is 0.0696. The zero-order valence-corrected chi connectivity index (χ0v) is 9.36. The first-order valence-electron chi connectivity index (χ1n) is 4.76. The van der Waals surface area contributed by atoms with Crippen LogP contribution < -0.4 is 0 Å². The number of benzene rings is 1. The van der Waals surface area contributed by atoms with Crippen LogP contribution in [0.1, 0.15) is 15.9 Å². The van der Waals surface area contributed by atoms with E-state index >= 15 is 0 Å². The summed E-state index contributed by atoms with van der Waals surface area (Å²) < 4.78 is 15.0. The van der Waals surface area contributed by atoms with Crippen molar-refractivity contribution in [3.8, 4) is 0 Å². The highest BCUT2D eigenvalue weighted by molar-refractivity contribution is 6.30. The van der Waals surface area contributed by atoms with Gasteiger partial charge < -0.3 is 5.11 Å². The summed E-state index contributed by atoms with van der Waals surface area (Å²) in [5, 5.41) is 13.1. The van der Waals surface area contributed by atoms with Gasteiger partial charge in [0.05, 0.1) is 23.3 Å². The minimum Gasteiger partial charge on any atom is -0.478 e. The monoisotopic (exact) mass is 254 g/mol. The number of hydrogen-bond acceptors (Lipinski definition) is 2. The third kappa shape index (κ3) is 2.62. The van der Waals surface area contributed by atoms with E-state index in [2.05, 4.69) is 5.10 Å². The zero-order chi connectivity index (χ0) is 12.4. The maximum absolute atomic E-state index is 13.6. The van der Waals surface area contributed by atoms with Crippen LogP contribution in [0.5, 0.6) is 0 Å². The molecule has 0 spiro atoms. The van der Waals surface area contributed by atoms with E-state index in [1.165, 1.54) is 23.0 Å². The average Bonchev–Trinajstić information content (AvgIpc) is 2.67. The largest absolute Gasteiger partial charge is 0.478 e. The Morgan fingerprint density at radius 3 is 2.82 bits per heavy atom. The van der Waals surface area contributed by atoms with E-state index in [0.29, 0.717) is 10.6 Å². The van der Waals surface area contributed by atoms with Gasteiger partial charge in [-0.05, 0) is 12.1 Å². The Morgan fingerprint density at radius 2 is 2.29 bits per heavy atom. The third-order valence-electron chi connectivity index (χ3n) is 2.23. The smallest absolute Gasteiger partial charge is 0.335 e. The minimum atomic E-state index is -1.16. The van der Waals surface area contributed by atoms with Gasteiger partial charge in [0.15, 0.2) is 0 Å². The van der Waals surface area contributed by atoms with E-state index < -0.39 is 11.8 Å². The third-order valence-corrected chi connectivity index (χ3v) is 2.43. The van der Waals surface area contributed by atoms with Crippen LogP contribution >= 0.6 is 11.6 Å². The summed E-state index contributed by atoms with van der Waals surface area (Å²) in [6, 6.07) is 3.77. The van der Waals surface area contributed by atoms with E-state index in [4.69, 9.17) is 16.7 Å². The fraction of sp³-hybridized carbons (Fsp3) is 0.0909. The topological polar surface area (TPSA) is 55.1 Å². The molecule has 0 bridgehead atoms. The van der Waals surface area contributed by atoms with Crippen molar-refractivity contribution in [2.24, 2.45) is 0 Å². The normalized spacial score (nSPS) is 10.5. The van der Waals surface area contributed by atoms with Crippen molar-refractivity contribution >= 4 is 17.6 Å². The number of carboxylic acids is 1. The molecule has 2 rings (SSSR count). The number of aromatic nitrogens is 2. The Kier molecular flexibility index (Phi) is 3.10. The van der Waals surface area contributed by atoms with Gasteiger partial charge in [-0.25, -0.2) is 9.18 Å². The fourth-order valence-electron chi connectivity index (χ4n) is 1.41. The van der Waals surface area contributed by atoms with Gasteiger partial charge in [0.1, 0.15) is 5.82 Å². The molecular formula is C11H8ClFN2O2. The molecule has 88 valence electrons. The predicted molar refractivity (Wildman–Crippen MR) is 59.7 cm³/mol. The van der Waals surface area contributed by atoms with E-state index in [1.54, 1.807) is 6.20 Å². The Morgan fingerprint density at radius 1 is 1.53 bits per heavy atom. The molecule has 1 aromatic carbocycles. The molecule has 2 aromatic rings. The molecule has 0 radical (unpaired) electrons. The first-order valence-corrected chi connectivity index (χ1v) is 5.14. The lowest BCUT2D eigenvalue weighted by atomic mass is 10.1. The van der Waals surface area contributed by atoms with Gasteiger partial charge in [0, 0.05) is 11.8 Å². The molecule has 0 unspecified atom stereocenters. The number of nitrogens with zero attached hydrogens (tertiary/aromatic N) is 2. The molecule has 0 saturated carbocycles. The maximum Gasteiger partial charge on any atom is 0.335 e. The minimum absolute atomic E-state index is 0.0789. The van der Waals surface area contributed by atoms with Gasteiger partial charge in [0.25, 0.3) is 0 Å². The summed E-state index contributed by atoms with van der Waals surface area (Å²) in [5.74, 6) is -1.73. The van der Waals surface area contributed by atoms with Crippen molar-refractivity contribution in [2.75, 3.05) is 0 Å². The maximum atomic E-state index is 13.6. The quantitative estimate of drug-likeness (QED) is 0.915. The molecule has 0 atom stereocenters. The summed E-state index contributed by atoms with van der Waals surface area (Å²) in [4.78, 5) is 10.6. The number of halogens is 2. The van der Waals surface area contributed by atoms with Crippen molar-refractivity contribution in [2.45, 2.75) is 6.54 Å². The molecule has 0 amide bonds. The lowest BCUT2D eigenvalue weighted by Crippen LogP contribution is -2.04. The van der Waals surface area contributed by atoms with Crippen molar-refractivity contribution in [3.63, 3.8) is 0 Å². The highest BCUT2D eigenvalue weighted by Crippen LogP contribution is 2.13. The van der Waals surface area contributed by atoms with Crippen molar-refractivity contribution in [1.29, 1.82) is 0 Å². The second-order valence-electron chi connectivity index (χ2n) is 3.47. The molecule has 0 aliphatic heterocycles. The molecule has 4 nitrogen and oxygen atoms in total. The standard InChI is InChI=1S/C11H8ClFN2O2/c12-9-4-14-15(6-9)5-8-2-1-7(11(16)17)3-10(8)13/h1-4,6H,5H2,(H,16,17). The van der Waals surface area contributed by atoms with Gasteiger partial charge in [-0.1, -0.05) is 17.7 Å². The Bertz CT molecular complexity index is 568. The van der Waals surface area contributed by atoms with E-state index in [0.717, 1.165) is 6.07 Å². The molecule has 1 aromatic heterocycles. The summed E-state index contributed by atoms with van der Waals surface area (Å²) in [7, 11) is 0. The van der Waals surface area contributed by atoms with Crippen LogP contribution in [0, 0.1) is 5.82 Å². The first kappa shape index (κ1) is 11.6. The zero-order valence-electron chi connectivity index (χ0n) is 8.60. The molecule has 0 saturated heterocycles. The van der Waals surface area contributed by atoms with Crippen LogP contribution in [-0.2, 0) is 6.54 Å². The van der Waals surface area contributed by atoms with E-state index in [1.807, 2.05) is 0 Å². The molecule has 0 fully saturated rings. The summed E-state index contributed by atoms with van der Waals surface area (Å²) >= 11 is 5.68. The second kappa shape index (κ2) is 4.55. The predicted octanol–water partition coefficient (Wildman–Crippen LogP) is 2.42. The number of aromatic carboxylic acids is 1. The molecule has 1 heterocycles. The SMILES string of the molecule is O=C(O)c1ccc(Cn2cc(Cl)cn2)c(F)c1. The molecule has 0 aliphatic carbocycles. The summed E-state index contributed by atoms with van der Waals surface area (Å²) in [5.41, 5.74) is 0.277. The van der Waals surface area contributed by atoms with Crippen LogP contribution in [0.4, 0.5) is 4.39 Å². The Balaban J connectivity index is 2.25. The fourth-order valence-corrected chi connectivity index (χ4v) is 1.56. The highest BCUT2D eigenvalue weighted by atomic mass is 35.5. The van der Waals surface area contributed by atoms with Crippen LogP contribution in [0.3, 0.4) is 0 Å². The van der Waals surface area contributed by atoms with E-state index in [9.17, 15) is 9.18 Å². The number of carbonyl (C=O) groups is 1. The summed E-state index contributed by atoms with van der Waals surface area (Å²) in [6.07, 6.45) is 3.01. The first-order chi connectivity index (χ1) is 8.06. The van der Waals surface area contributed by atoms with Gasteiger partial charge in [-0.3, -0.25) is 4.68 Å². The summed E-state index contributed by atoms with van der Waals surface area (Å²) in [6.45, 7) is 0.207. The Labute approximate surface area is 101 Å². The second-order valence-corrected chi connectivity index (χ2v) is 3.90. The molecule has 17 heavy (non-hydrogen) atoms. The highest BCUT2D eigenvalue weighted by Gasteiger charge is 2.09. The Hall–Kier alpha value is -1.88. The van der Waals surface area contributed by atoms with Crippen LogP contribution in [0.25, 0.3) is 0 Å². The molecule has 0 aliphatic rings. The van der Waals surface area contributed by atoms with Gasteiger partial charge >= 0.3 is 5.97 Å². The number of rotatable bonds is 3. The van der Waals surface area contributed by atoms with Crippen LogP contribution in [-0.4, -0.2) is 20.9 Å². The lowest BCUT2D eigenvalue weighted by Gasteiger charge is -2.04. The average molecular weight is 255 g/mol. The number of hydrogen-bond donors (Lipinski definition) is 1.